The molecule has 0 bridgehead atoms. The van der Waals surface area contributed by atoms with Crippen molar-refractivity contribution in [3.8, 4) is 0 Å². The molecule has 2 amide bonds. The quantitative estimate of drug-likeness (QED) is 0.771. The van der Waals surface area contributed by atoms with Crippen molar-refractivity contribution in [1.82, 2.24) is 5.32 Å². The first kappa shape index (κ1) is 18.6. The number of amides is 2. The van der Waals surface area contributed by atoms with Gasteiger partial charge in [-0.1, -0.05) is 36.4 Å². The molecule has 2 rings (SSSR count). The largest absolute Gasteiger partial charge is 0.368 e. The van der Waals surface area contributed by atoms with Gasteiger partial charge >= 0.3 is 0 Å². The highest BCUT2D eigenvalue weighted by Gasteiger charge is 2.18. The highest BCUT2D eigenvalue weighted by molar-refractivity contribution is 5.87. The summed E-state index contributed by atoms with van der Waals surface area (Å²) >= 11 is 0. The maximum Gasteiger partial charge on any atom is 0.239 e. The number of hydrogen-bond acceptors (Lipinski definition) is 2. The van der Waals surface area contributed by atoms with Crippen LogP contribution in [0.2, 0.25) is 0 Å². The van der Waals surface area contributed by atoms with Gasteiger partial charge in [0.05, 0.1) is 6.42 Å². The Morgan fingerprint density at radius 3 is 2.44 bits per heavy atom. The minimum atomic E-state index is -0.820. The smallest absolute Gasteiger partial charge is 0.239 e. The molecule has 1 atom stereocenters. The van der Waals surface area contributed by atoms with Crippen LogP contribution in [0, 0.1) is 11.6 Å². The number of carbonyl (C=O) groups excluding carboxylic acids is 2. The highest BCUT2D eigenvalue weighted by Crippen LogP contribution is 2.11. The predicted octanol–water partition coefficient (Wildman–Crippen LogP) is 2.50. The molecule has 0 aliphatic rings. The summed E-state index contributed by atoms with van der Waals surface area (Å²) < 4.78 is 26.5. The second kappa shape index (κ2) is 8.92. The van der Waals surface area contributed by atoms with Crippen molar-refractivity contribution in [2.75, 3.05) is 0 Å². The zero-order valence-corrected chi connectivity index (χ0v) is 13.7. The van der Waals surface area contributed by atoms with Crippen molar-refractivity contribution in [2.24, 2.45) is 5.73 Å². The minimum absolute atomic E-state index is 0.0615. The van der Waals surface area contributed by atoms with E-state index in [1.165, 1.54) is 6.07 Å². The van der Waals surface area contributed by atoms with Crippen LogP contribution in [-0.4, -0.2) is 17.9 Å². The van der Waals surface area contributed by atoms with Crippen molar-refractivity contribution in [1.29, 1.82) is 0 Å². The third kappa shape index (κ3) is 5.99. The Morgan fingerprint density at radius 2 is 1.80 bits per heavy atom. The highest BCUT2D eigenvalue weighted by atomic mass is 19.1. The van der Waals surface area contributed by atoms with Crippen LogP contribution in [-0.2, 0) is 22.4 Å². The lowest BCUT2D eigenvalue weighted by Gasteiger charge is -2.15. The molecule has 0 radical (unpaired) electrons. The Kier molecular flexibility index (Phi) is 6.62. The lowest BCUT2D eigenvalue weighted by atomic mass is 10.0. The minimum Gasteiger partial charge on any atom is -0.368 e. The Labute approximate surface area is 145 Å². The number of carbonyl (C=O) groups is 2. The van der Waals surface area contributed by atoms with Gasteiger partial charge in [0.2, 0.25) is 11.8 Å². The van der Waals surface area contributed by atoms with Crippen molar-refractivity contribution >= 4 is 11.8 Å². The topological polar surface area (TPSA) is 72.2 Å². The molecule has 0 fully saturated rings. The van der Waals surface area contributed by atoms with Gasteiger partial charge in [-0.25, -0.2) is 8.78 Å². The summed E-state index contributed by atoms with van der Waals surface area (Å²) in [5, 5.41) is 2.52. The van der Waals surface area contributed by atoms with Crippen LogP contribution in [0.1, 0.15) is 24.0 Å². The molecule has 0 heterocycles. The van der Waals surface area contributed by atoms with Gasteiger partial charge in [0.1, 0.15) is 17.7 Å². The van der Waals surface area contributed by atoms with Gasteiger partial charge in [0.25, 0.3) is 0 Å². The fourth-order valence-corrected chi connectivity index (χ4v) is 2.52. The van der Waals surface area contributed by atoms with Crippen LogP contribution >= 0.6 is 0 Å². The number of rotatable bonds is 8. The standard InChI is InChI=1S/C19H20F2N2O2/c20-15-10-9-14(16(21)12-15)11-18(24)23-17(19(22)25)8-4-7-13-5-2-1-3-6-13/h1-3,5-6,9-10,12,17H,4,7-8,11H2,(H2,22,25)(H,23,24)/t17-/m0/s1. The number of hydrogen-bond donors (Lipinski definition) is 2. The van der Waals surface area contributed by atoms with Gasteiger partial charge in [-0.2, -0.15) is 0 Å². The Balaban J connectivity index is 1.87. The average molecular weight is 346 g/mol. The molecule has 4 nitrogen and oxygen atoms in total. The lowest BCUT2D eigenvalue weighted by molar-refractivity contribution is -0.127. The molecule has 0 saturated heterocycles. The Hall–Kier alpha value is -2.76. The molecule has 0 aliphatic carbocycles. The fraction of sp³-hybridized carbons (Fsp3) is 0.263. The molecule has 2 aromatic rings. The molecule has 0 aromatic heterocycles. The van der Waals surface area contributed by atoms with Crippen LogP contribution in [0.15, 0.2) is 48.5 Å². The number of halogens is 2. The van der Waals surface area contributed by atoms with E-state index in [1.54, 1.807) is 0 Å². The predicted molar refractivity (Wildman–Crippen MR) is 90.6 cm³/mol. The molecule has 0 spiro atoms. The van der Waals surface area contributed by atoms with Crippen LogP contribution in [0.4, 0.5) is 8.78 Å². The zero-order valence-electron chi connectivity index (χ0n) is 13.7. The summed E-state index contributed by atoms with van der Waals surface area (Å²) in [6.45, 7) is 0. The van der Waals surface area contributed by atoms with E-state index in [1.807, 2.05) is 30.3 Å². The first-order valence-electron chi connectivity index (χ1n) is 8.02. The van der Waals surface area contributed by atoms with Gasteiger partial charge in [0.15, 0.2) is 0 Å². The van der Waals surface area contributed by atoms with E-state index in [0.717, 1.165) is 18.1 Å². The summed E-state index contributed by atoms with van der Waals surface area (Å²) in [4.78, 5) is 23.5. The first-order valence-corrected chi connectivity index (χ1v) is 8.02. The maximum atomic E-state index is 13.6. The SMILES string of the molecule is NC(=O)[C@H](CCCc1ccccc1)NC(=O)Cc1ccc(F)cc1F. The van der Waals surface area contributed by atoms with E-state index in [2.05, 4.69) is 5.32 Å². The molecule has 0 unspecified atom stereocenters. The van der Waals surface area contributed by atoms with Crippen LogP contribution < -0.4 is 11.1 Å². The fourth-order valence-electron chi connectivity index (χ4n) is 2.52. The van der Waals surface area contributed by atoms with Gasteiger partial charge in [-0.15, -0.1) is 0 Å². The molecule has 2 aromatic carbocycles. The zero-order chi connectivity index (χ0) is 18.2. The third-order valence-corrected chi connectivity index (χ3v) is 3.85. The number of primary amides is 1. The molecule has 0 aliphatic heterocycles. The van der Waals surface area contributed by atoms with E-state index in [0.29, 0.717) is 18.9 Å². The van der Waals surface area contributed by atoms with Crippen molar-refractivity contribution in [3.05, 3.63) is 71.3 Å². The van der Waals surface area contributed by atoms with E-state index in [-0.39, 0.29) is 12.0 Å². The Morgan fingerprint density at radius 1 is 1.08 bits per heavy atom. The summed E-state index contributed by atoms with van der Waals surface area (Å²) in [6, 6.07) is 11.9. The molecular formula is C19H20F2N2O2. The molecule has 132 valence electrons. The molecule has 0 saturated carbocycles. The lowest BCUT2D eigenvalue weighted by Crippen LogP contribution is -2.45. The van der Waals surface area contributed by atoms with Crippen molar-refractivity contribution in [3.63, 3.8) is 0 Å². The average Bonchev–Trinajstić information content (AvgIpc) is 2.57. The monoisotopic (exact) mass is 346 g/mol. The summed E-state index contributed by atoms with van der Waals surface area (Å²) in [6.07, 6.45) is 1.53. The molecule has 6 heteroatoms. The van der Waals surface area contributed by atoms with Gasteiger partial charge in [0, 0.05) is 6.07 Å². The van der Waals surface area contributed by atoms with Crippen LogP contribution in [0.3, 0.4) is 0 Å². The molecular weight excluding hydrogens is 326 g/mol. The van der Waals surface area contributed by atoms with E-state index in [9.17, 15) is 18.4 Å². The number of nitrogens with one attached hydrogen (secondary N) is 1. The van der Waals surface area contributed by atoms with Crippen LogP contribution in [0.5, 0.6) is 0 Å². The maximum absolute atomic E-state index is 13.6. The van der Waals surface area contributed by atoms with Gasteiger partial charge in [-0.3, -0.25) is 9.59 Å². The van der Waals surface area contributed by atoms with Crippen molar-refractivity contribution in [2.45, 2.75) is 31.7 Å². The van der Waals surface area contributed by atoms with E-state index < -0.39 is 29.5 Å². The molecule has 3 N–H and O–H groups in total. The van der Waals surface area contributed by atoms with Gasteiger partial charge in [-0.05, 0) is 36.5 Å². The Bertz CT molecular complexity index is 735. The summed E-state index contributed by atoms with van der Waals surface area (Å²) in [7, 11) is 0. The summed E-state index contributed by atoms with van der Waals surface area (Å²) in [5.41, 5.74) is 6.52. The second-order valence-electron chi connectivity index (χ2n) is 5.81. The third-order valence-electron chi connectivity index (χ3n) is 3.85. The van der Waals surface area contributed by atoms with E-state index in [4.69, 9.17) is 5.73 Å². The van der Waals surface area contributed by atoms with E-state index >= 15 is 0 Å². The van der Waals surface area contributed by atoms with Crippen LogP contribution in [0.25, 0.3) is 0 Å². The second-order valence-corrected chi connectivity index (χ2v) is 5.81. The first-order chi connectivity index (χ1) is 12.0. The van der Waals surface area contributed by atoms with Gasteiger partial charge < -0.3 is 11.1 Å². The van der Waals surface area contributed by atoms with Crippen molar-refractivity contribution < 1.29 is 18.4 Å². The molecule has 25 heavy (non-hydrogen) atoms. The number of aryl methyl sites for hydroxylation is 1. The normalized spacial score (nSPS) is 11.8. The number of benzene rings is 2. The number of nitrogens with two attached hydrogens (primary N) is 1. The summed E-state index contributed by atoms with van der Waals surface area (Å²) in [5.74, 6) is -2.68.